The summed E-state index contributed by atoms with van der Waals surface area (Å²) in [5.41, 5.74) is 1.65. The van der Waals surface area contributed by atoms with Crippen molar-refractivity contribution in [2.24, 2.45) is 11.8 Å². The first-order valence-corrected chi connectivity index (χ1v) is 10.4. The number of hydrogen-bond acceptors (Lipinski definition) is 4. The first-order chi connectivity index (χ1) is 14.6. The first kappa shape index (κ1) is 20.3. The number of rotatable bonds is 7. The summed E-state index contributed by atoms with van der Waals surface area (Å²) in [4.78, 5) is 27.9. The third-order valence-electron chi connectivity index (χ3n) is 6.09. The molecule has 0 bridgehead atoms. The van der Waals surface area contributed by atoms with Gasteiger partial charge < -0.3 is 19.7 Å². The lowest BCUT2D eigenvalue weighted by Crippen LogP contribution is -2.36. The van der Waals surface area contributed by atoms with Crippen molar-refractivity contribution < 1.29 is 19.1 Å². The highest BCUT2D eigenvalue weighted by molar-refractivity contribution is 5.95. The summed E-state index contributed by atoms with van der Waals surface area (Å²) in [5, 5.41) is 3.11. The van der Waals surface area contributed by atoms with E-state index < -0.39 is 0 Å². The van der Waals surface area contributed by atoms with E-state index >= 15 is 0 Å². The van der Waals surface area contributed by atoms with Crippen molar-refractivity contribution in [1.29, 1.82) is 0 Å². The zero-order chi connectivity index (χ0) is 21.1. The van der Waals surface area contributed by atoms with Crippen LogP contribution in [0.5, 0.6) is 11.5 Å². The summed E-state index contributed by atoms with van der Waals surface area (Å²) in [6.45, 7) is 1.66. The van der Waals surface area contributed by atoms with Gasteiger partial charge in [-0.3, -0.25) is 9.59 Å². The predicted molar refractivity (Wildman–Crippen MR) is 114 cm³/mol. The van der Waals surface area contributed by atoms with Crippen molar-refractivity contribution in [2.75, 3.05) is 33.9 Å². The van der Waals surface area contributed by atoms with Gasteiger partial charge in [0, 0.05) is 31.1 Å². The zero-order valence-electron chi connectivity index (χ0n) is 17.5. The quantitative estimate of drug-likeness (QED) is 0.765. The summed E-state index contributed by atoms with van der Waals surface area (Å²) >= 11 is 0. The molecule has 2 aromatic carbocycles. The Bertz CT molecular complexity index is 890. The minimum atomic E-state index is -0.264. The highest BCUT2D eigenvalue weighted by atomic mass is 16.5. The highest BCUT2D eigenvalue weighted by Gasteiger charge is 2.41. The van der Waals surface area contributed by atoms with E-state index in [1.807, 2.05) is 24.3 Å². The minimum Gasteiger partial charge on any atom is -0.497 e. The van der Waals surface area contributed by atoms with Crippen LogP contribution < -0.4 is 14.8 Å². The molecule has 0 spiro atoms. The third-order valence-corrected chi connectivity index (χ3v) is 6.09. The van der Waals surface area contributed by atoms with Crippen LogP contribution in [0.3, 0.4) is 0 Å². The van der Waals surface area contributed by atoms with E-state index in [2.05, 4.69) is 5.32 Å². The molecule has 2 aromatic rings. The van der Waals surface area contributed by atoms with E-state index in [1.165, 1.54) is 12.8 Å². The van der Waals surface area contributed by atoms with Gasteiger partial charge in [0.2, 0.25) is 5.91 Å². The smallest absolute Gasteiger partial charge is 0.253 e. The summed E-state index contributed by atoms with van der Waals surface area (Å²) < 4.78 is 10.4. The number of likely N-dealkylation sites (tertiary alicyclic amines) is 1. The number of nitrogens with zero attached hydrogens (tertiary/aromatic N) is 1. The van der Waals surface area contributed by atoms with Crippen LogP contribution in [-0.4, -0.2) is 50.6 Å². The molecule has 0 radical (unpaired) electrons. The number of carbonyl (C=O) groups excluding carboxylic acids is 2. The zero-order valence-corrected chi connectivity index (χ0v) is 17.5. The van der Waals surface area contributed by atoms with Crippen molar-refractivity contribution in [3.63, 3.8) is 0 Å². The topological polar surface area (TPSA) is 67.9 Å². The Balaban J connectivity index is 1.53. The standard InChI is InChI=1S/C24H28N2O4/c1-29-19-9-5-17(6-10-19)21-14-26(15-22(21)23(27)25-13-16-3-4-16)24(28)18-7-11-20(30-2)12-8-18/h5-12,16,21-22H,3-4,13-15H2,1-2H3,(H,25,27). The molecule has 1 saturated carbocycles. The number of carbonyl (C=O) groups is 2. The highest BCUT2D eigenvalue weighted by Crippen LogP contribution is 2.35. The van der Waals surface area contributed by atoms with Gasteiger partial charge >= 0.3 is 0 Å². The minimum absolute atomic E-state index is 0.0350. The molecular formula is C24H28N2O4. The SMILES string of the molecule is COc1ccc(C(=O)N2CC(C(=O)NCC3CC3)C(c3ccc(OC)cc3)C2)cc1. The second kappa shape index (κ2) is 8.78. The number of ether oxygens (including phenoxy) is 2. The predicted octanol–water partition coefficient (Wildman–Crippen LogP) is 3.09. The van der Waals surface area contributed by atoms with Crippen LogP contribution in [0.1, 0.15) is 34.7 Å². The molecule has 30 heavy (non-hydrogen) atoms. The Morgan fingerprint density at radius 2 is 1.53 bits per heavy atom. The second-order valence-electron chi connectivity index (χ2n) is 8.11. The molecule has 0 aromatic heterocycles. The van der Waals surface area contributed by atoms with Gasteiger partial charge in [0.25, 0.3) is 5.91 Å². The molecule has 1 aliphatic heterocycles. The van der Waals surface area contributed by atoms with Crippen molar-refractivity contribution in [1.82, 2.24) is 10.2 Å². The van der Waals surface area contributed by atoms with Gasteiger partial charge in [-0.25, -0.2) is 0 Å². The number of hydrogen-bond donors (Lipinski definition) is 1. The number of nitrogens with one attached hydrogen (secondary N) is 1. The van der Waals surface area contributed by atoms with Gasteiger partial charge in [-0.1, -0.05) is 12.1 Å². The van der Waals surface area contributed by atoms with Crippen LogP contribution in [-0.2, 0) is 4.79 Å². The summed E-state index contributed by atoms with van der Waals surface area (Å²) in [6, 6.07) is 14.9. The van der Waals surface area contributed by atoms with Gasteiger partial charge in [-0.2, -0.15) is 0 Å². The van der Waals surface area contributed by atoms with Crippen LogP contribution in [0, 0.1) is 11.8 Å². The summed E-state index contributed by atoms with van der Waals surface area (Å²) in [5.74, 6) is 1.77. The lowest BCUT2D eigenvalue weighted by molar-refractivity contribution is -0.125. The molecule has 158 valence electrons. The molecule has 2 fully saturated rings. The molecule has 2 atom stereocenters. The Hall–Kier alpha value is -3.02. The molecule has 1 N–H and O–H groups in total. The van der Waals surface area contributed by atoms with Crippen LogP contribution in [0.2, 0.25) is 0 Å². The van der Waals surface area contributed by atoms with Crippen molar-refractivity contribution in [2.45, 2.75) is 18.8 Å². The van der Waals surface area contributed by atoms with Gasteiger partial charge in [0.1, 0.15) is 11.5 Å². The first-order valence-electron chi connectivity index (χ1n) is 10.4. The summed E-state index contributed by atoms with van der Waals surface area (Å²) in [7, 11) is 3.23. The van der Waals surface area contributed by atoms with Crippen LogP contribution in [0.25, 0.3) is 0 Å². The van der Waals surface area contributed by atoms with E-state index in [9.17, 15) is 9.59 Å². The average molecular weight is 408 g/mol. The molecule has 6 heteroatoms. The molecule has 1 heterocycles. The second-order valence-corrected chi connectivity index (χ2v) is 8.11. The molecule has 1 saturated heterocycles. The lowest BCUT2D eigenvalue weighted by atomic mass is 9.88. The van der Waals surface area contributed by atoms with Gasteiger partial charge in [-0.15, -0.1) is 0 Å². The van der Waals surface area contributed by atoms with Crippen LogP contribution in [0.15, 0.2) is 48.5 Å². The van der Waals surface area contributed by atoms with Gasteiger partial charge in [0.15, 0.2) is 0 Å². The van der Waals surface area contributed by atoms with Crippen molar-refractivity contribution in [3.8, 4) is 11.5 Å². The summed E-state index contributed by atoms with van der Waals surface area (Å²) in [6.07, 6.45) is 2.38. The molecule has 2 aliphatic rings. The van der Waals surface area contributed by atoms with Gasteiger partial charge in [0.05, 0.1) is 20.1 Å². The van der Waals surface area contributed by atoms with Crippen LogP contribution >= 0.6 is 0 Å². The fraction of sp³-hybridized carbons (Fsp3) is 0.417. The van der Waals surface area contributed by atoms with E-state index in [-0.39, 0.29) is 23.7 Å². The van der Waals surface area contributed by atoms with E-state index in [1.54, 1.807) is 43.4 Å². The van der Waals surface area contributed by atoms with E-state index in [0.29, 0.717) is 30.3 Å². The maximum Gasteiger partial charge on any atom is 0.253 e. The Labute approximate surface area is 177 Å². The van der Waals surface area contributed by atoms with Crippen LogP contribution in [0.4, 0.5) is 0 Å². The maximum absolute atomic E-state index is 13.1. The lowest BCUT2D eigenvalue weighted by Gasteiger charge is -2.18. The van der Waals surface area contributed by atoms with E-state index in [4.69, 9.17) is 9.47 Å². The molecular weight excluding hydrogens is 380 g/mol. The Morgan fingerprint density at radius 1 is 0.933 bits per heavy atom. The largest absolute Gasteiger partial charge is 0.497 e. The monoisotopic (exact) mass is 408 g/mol. The normalized spacial score (nSPS) is 20.7. The Morgan fingerprint density at radius 3 is 2.10 bits per heavy atom. The number of methoxy groups -OCH3 is 2. The molecule has 6 nitrogen and oxygen atoms in total. The fourth-order valence-corrected chi connectivity index (χ4v) is 4.04. The van der Waals surface area contributed by atoms with Crippen molar-refractivity contribution in [3.05, 3.63) is 59.7 Å². The van der Waals surface area contributed by atoms with E-state index in [0.717, 1.165) is 17.9 Å². The van der Waals surface area contributed by atoms with Gasteiger partial charge in [-0.05, 0) is 60.7 Å². The fourth-order valence-electron chi connectivity index (χ4n) is 4.04. The number of amides is 2. The molecule has 2 unspecified atom stereocenters. The number of benzene rings is 2. The average Bonchev–Trinajstić information content (AvgIpc) is 3.52. The Kier molecular flexibility index (Phi) is 5.93. The maximum atomic E-state index is 13.1. The molecule has 4 rings (SSSR count). The third kappa shape index (κ3) is 4.42. The van der Waals surface area contributed by atoms with Crippen molar-refractivity contribution >= 4 is 11.8 Å². The molecule has 1 aliphatic carbocycles. The molecule has 2 amide bonds.